The molecule has 0 amide bonds. The highest BCUT2D eigenvalue weighted by molar-refractivity contribution is 5.82. The predicted octanol–water partition coefficient (Wildman–Crippen LogP) is 3.42. The molecular formula is C14H18N2. The van der Waals surface area contributed by atoms with Crippen LogP contribution in [0.15, 0.2) is 24.3 Å². The van der Waals surface area contributed by atoms with Gasteiger partial charge in [-0.25, -0.2) is 4.98 Å². The molecule has 84 valence electrons. The largest absolute Gasteiger partial charge is 0.383 e. The number of aromatic nitrogens is 1. The number of hydrogen-bond acceptors (Lipinski definition) is 2. The van der Waals surface area contributed by atoms with E-state index in [1.54, 1.807) is 0 Å². The molecule has 0 aliphatic rings. The maximum absolute atomic E-state index is 6.00. The molecule has 0 unspecified atom stereocenters. The van der Waals surface area contributed by atoms with Crippen molar-refractivity contribution in [1.29, 1.82) is 0 Å². The summed E-state index contributed by atoms with van der Waals surface area (Å²) in [6.45, 7) is 8.55. The van der Waals surface area contributed by atoms with Crippen LogP contribution in [0.25, 0.3) is 10.9 Å². The highest BCUT2D eigenvalue weighted by Crippen LogP contribution is 2.29. The third-order valence-electron chi connectivity index (χ3n) is 2.81. The first-order valence-corrected chi connectivity index (χ1v) is 5.55. The summed E-state index contributed by atoms with van der Waals surface area (Å²) in [5.74, 6) is 0.642. The van der Waals surface area contributed by atoms with Crippen molar-refractivity contribution in [3.8, 4) is 0 Å². The molecule has 16 heavy (non-hydrogen) atoms. The van der Waals surface area contributed by atoms with Crippen LogP contribution in [0.2, 0.25) is 0 Å². The van der Waals surface area contributed by atoms with E-state index in [4.69, 9.17) is 5.73 Å². The van der Waals surface area contributed by atoms with E-state index in [0.717, 1.165) is 11.1 Å². The Bertz CT molecular complexity index is 536. The minimum absolute atomic E-state index is 0.0367. The molecule has 0 saturated heterocycles. The minimum Gasteiger partial charge on any atom is -0.383 e. The predicted molar refractivity (Wildman–Crippen MR) is 69.6 cm³/mol. The first-order valence-electron chi connectivity index (χ1n) is 5.55. The van der Waals surface area contributed by atoms with Gasteiger partial charge in [0.2, 0.25) is 0 Å². The molecule has 0 spiro atoms. The van der Waals surface area contributed by atoms with Crippen LogP contribution in [0, 0.1) is 6.92 Å². The van der Waals surface area contributed by atoms with Gasteiger partial charge < -0.3 is 5.73 Å². The van der Waals surface area contributed by atoms with E-state index < -0.39 is 0 Å². The lowest BCUT2D eigenvalue weighted by molar-refractivity contribution is 0.591. The number of rotatable bonds is 0. The zero-order valence-corrected chi connectivity index (χ0v) is 10.3. The standard InChI is InChI=1S/C14H18N2/c1-9-5-6-12-10(7-9)8-11(13(15)16-12)14(2,3)4/h5-8H,1-4H3,(H2,15,16). The van der Waals surface area contributed by atoms with Gasteiger partial charge >= 0.3 is 0 Å². The lowest BCUT2D eigenvalue weighted by atomic mass is 9.86. The van der Waals surface area contributed by atoms with Crippen molar-refractivity contribution in [2.24, 2.45) is 0 Å². The first-order chi connectivity index (χ1) is 7.38. The fraction of sp³-hybridized carbons (Fsp3) is 0.357. The average Bonchev–Trinajstić information content (AvgIpc) is 2.16. The van der Waals surface area contributed by atoms with Crippen LogP contribution in [0.3, 0.4) is 0 Å². The van der Waals surface area contributed by atoms with E-state index in [1.165, 1.54) is 10.9 Å². The second kappa shape index (κ2) is 3.48. The van der Waals surface area contributed by atoms with Gasteiger partial charge in [0.15, 0.2) is 0 Å². The van der Waals surface area contributed by atoms with Crippen molar-refractivity contribution in [1.82, 2.24) is 4.98 Å². The zero-order valence-electron chi connectivity index (χ0n) is 10.3. The van der Waals surface area contributed by atoms with Crippen LogP contribution in [0.4, 0.5) is 5.82 Å². The zero-order chi connectivity index (χ0) is 11.9. The Balaban J connectivity index is 2.74. The van der Waals surface area contributed by atoms with E-state index in [9.17, 15) is 0 Å². The summed E-state index contributed by atoms with van der Waals surface area (Å²) in [6, 6.07) is 8.39. The molecule has 0 fully saturated rings. The van der Waals surface area contributed by atoms with Gasteiger partial charge in [0.1, 0.15) is 5.82 Å². The fourth-order valence-electron chi connectivity index (χ4n) is 1.91. The molecular weight excluding hydrogens is 196 g/mol. The molecule has 2 heteroatoms. The van der Waals surface area contributed by atoms with Crippen LogP contribution in [0.5, 0.6) is 0 Å². The van der Waals surface area contributed by atoms with Gasteiger partial charge in [-0.3, -0.25) is 0 Å². The van der Waals surface area contributed by atoms with Crippen LogP contribution in [0.1, 0.15) is 31.9 Å². The number of benzene rings is 1. The molecule has 0 bridgehead atoms. The monoisotopic (exact) mass is 214 g/mol. The van der Waals surface area contributed by atoms with E-state index in [1.807, 2.05) is 6.07 Å². The fourth-order valence-corrected chi connectivity index (χ4v) is 1.91. The van der Waals surface area contributed by atoms with Crippen molar-refractivity contribution < 1.29 is 0 Å². The Morgan fingerprint density at radius 3 is 2.44 bits per heavy atom. The second-order valence-corrected chi connectivity index (χ2v) is 5.37. The maximum atomic E-state index is 6.00. The number of nitrogens with zero attached hydrogens (tertiary/aromatic N) is 1. The molecule has 0 radical (unpaired) electrons. The van der Waals surface area contributed by atoms with E-state index in [-0.39, 0.29) is 5.41 Å². The molecule has 2 nitrogen and oxygen atoms in total. The maximum Gasteiger partial charge on any atom is 0.127 e. The summed E-state index contributed by atoms with van der Waals surface area (Å²) in [7, 11) is 0. The Labute approximate surface area is 96.5 Å². The van der Waals surface area contributed by atoms with Gasteiger partial charge in [0, 0.05) is 10.9 Å². The Hall–Kier alpha value is -1.57. The average molecular weight is 214 g/mol. The van der Waals surface area contributed by atoms with Crippen molar-refractivity contribution in [2.75, 3.05) is 5.73 Å². The smallest absolute Gasteiger partial charge is 0.127 e. The molecule has 0 saturated carbocycles. The minimum atomic E-state index is 0.0367. The summed E-state index contributed by atoms with van der Waals surface area (Å²) in [6.07, 6.45) is 0. The van der Waals surface area contributed by atoms with Gasteiger partial charge in [0.05, 0.1) is 5.52 Å². The second-order valence-electron chi connectivity index (χ2n) is 5.37. The quantitative estimate of drug-likeness (QED) is 0.729. The summed E-state index contributed by atoms with van der Waals surface area (Å²) in [5.41, 5.74) is 9.37. The summed E-state index contributed by atoms with van der Waals surface area (Å²) >= 11 is 0. The van der Waals surface area contributed by atoms with Crippen LogP contribution in [-0.2, 0) is 5.41 Å². The highest BCUT2D eigenvalue weighted by Gasteiger charge is 2.18. The van der Waals surface area contributed by atoms with Gasteiger partial charge in [-0.05, 0) is 30.5 Å². The highest BCUT2D eigenvalue weighted by atomic mass is 14.8. The van der Waals surface area contributed by atoms with E-state index in [0.29, 0.717) is 5.82 Å². The molecule has 1 aromatic carbocycles. The number of anilines is 1. The Morgan fingerprint density at radius 1 is 1.12 bits per heavy atom. The summed E-state index contributed by atoms with van der Waals surface area (Å²) in [5, 5.41) is 1.17. The lowest BCUT2D eigenvalue weighted by Crippen LogP contribution is -2.15. The number of hydrogen-bond donors (Lipinski definition) is 1. The molecule has 2 aromatic rings. The van der Waals surface area contributed by atoms with Crippen molar-refractivity contribution in [3.63, 3.8) is 0 Å². The number of fused-ring (bicyclic) bond motifs is 1. The molecule has 1 heterocycles. The number of pyridine rings is 1. The molecule has 1 aromatic heterocycles. The lowest BCUT2D eigenvalue weighted by Gasteiger charge is -2.21. The van der Waals surface area contributed by atoms with Gasteiger partial charge in [-0.2, -0.15) is 0 Å². The van der Waals surface area contributed by atoms with Crippen molar-refractivity contribution in [2.45, 2.75) is 33.1 Å². The Kier molecular flexibility index (Phi) is 2.38. The molecule has 2 N–H and O–H groups in total. The molecule has 0 aliphatic carbocycles. The van der Waals surface area contributed by atoms with Gasteiger partial charge in [0.25, 0.3) is 0 Å². The topological polar surface area (TPSA) is 38.9 Å². The van der Waals surface area contributed by atoms with Gasteiger partial charge in [-0.1, -0.05) is 32.4 Å². The van der Waals surface area contributed by atoms with Gasteiger partial charge in [-0.15, -0.1) is 0 Å². The SMILES string of the molecule is Cc1ccc2nc(N)c(C(C)(C)C)cc2c1. The third-order valence-corrected chi connectivity index (χ3v) is 2.81. The van der Waals surface area contributed by atoms with E-state index >= 15 is 0 Å². The summed E-state index contributed by atoms with van der Waals surface area (Å²) < 4.78 is 0. The van der Waals surface area contributed by atoms with Crippen LogP contribution < -0.4 is 5.73 Å². The molecule has 0 aliphatic heterocycles. The van der Waals surface area contributed by atoms with Crippen molar-refractivity contribution in [3.05, 3.63) is 35.4 Å². The van der Waals surface area contributed by atoms with Crippen LogP contribution >= 0.6 is 0 Å². The first kappa shape index (κ1) is 10.9. The third kappa shape index (κ3) is 1.87. The molecule has 0 atom stereocenters. The Morgan fingerprint density at radius 2 is 1.81 bits per heavy atom. The summed E-state index contributed by atoms with van der Waals surface area (Å²) in [4.78, 5) is 4.46. The van der Waals surface area contributed by atoms with E-state index in [2.05, 4.69) is 50.9 Å². The van der Waals surface area contributed by atoms with Crippen LogP contribution in [-0.4, -0.2) is 4.98 Å². The number of aryl methyl sites for hydroxylation is 1. The number of nitrogens with two attached hydrogens (primary N) is 1. The number of nitrogen functional groups attached to an aromatic ring is 1. The van der Waals surface area contributed by atoms with Crippen molar-refractivity contribution >= 4 is 16.7 Å². The molecule has 2 rings (SSSR count). The normalized spacial score (nSPS) is 12.0.